The number of hydrogen-bond donors (Lipinski definition) is 2. The van der Waals surface area contributed by atoms with Crippen LogP contribution >= 0.6 is 22.6 Å². The molecule has 0 radical (unpaired) electrons. The molecule has 2 atom stereocenters. The molecule has 1 aliphatic heterocycles. The first kappa shape index (κ1) is 14.0. The van der Waals surface area contributed by atoms with Gasteiger partial charge >= 0.3 is 5.97 Å². The summed E-state index contributed by atoms with van der Waals surface area (Å²) < 4.78 is 5.86. The molecule has 1 aromatic rings. The van der Waals surface area contributed by atoms with Crippen molar-refractivity contribution >= 4 is 39.9 Å². The second kappa shape index (κ2) is 5.70. The van der Waals surface area contributed by atoms with Crippen molar-refractivity contribution in [1.82, 2.24) is 0 Å². The molecule has 19 heavy (non-hydrogen) atoms. The van der Waals surface area contributed by atoms with Crippen LogP contribution in [0.3, 0.4) is 0 Å². The van der Waals surface area contributed by atoms with Crippen molar-refractivity contribution in [3.05, 3.63) is 31.9 Å². The Hall–Kier alpha value is -1.42. The topological polar surface area (TPSA) is 102 Å². The summed E-state index contributed by atoms with van der Waals surface area (Å²) in [4.78, 5) is 21.5. The van der Waals surface area contributed by atoms with E-state index in [0.717, 1.165) is 3.57 Å². The van der Waals surface area contributed by atoms with Crippen LogP contribution in [0.1, 0.15) is 0 Å². The van der Waals surface area contributed by atoms with Gasteiger partial charge in [0.15, 0.2) is 0 Å². The molecule has 1 aromatic carbocycles. The Morgan fingerprint density at radius 2 is 2.26 bits per heavy atom. The maximum Gasteiger partial charge on any atom is 0.311 e. The largest absolute Gasteiger partial charge is 0.481 e. The quantitative estimate of drug-likeness (QED) is 0.470. The van der Waals surface area contributed by atoms with Crippen molar-refractivity contribution in [2.75, 3.05) is 18.5 Å². The van der Waals surface area contributed by atoms with E-state index >= 15 is 0 Å². The molecule has 7 nitrogen and oxygen atoms in total. The van der Waals surface area contributed by atoms with Gasteiger partial charge in [0.05, 0.1) is 24.2 Å². The normalized spacial score (nSPS) is 22.2. The lowest BCUT2D eigenvalue weighted by Gasteiger charge is -2.17. The van der Waals surface area contributed by atoms with Crippen molar-refractivity contribution in [1.29, 1.82) is 0 Å². The summed E-state index contributed by atoms with van der Waals surface area (Å²) in [5.74, 6) is -1.66. The van der Waals surface area contributed by atoms with Crippen LogP contribution in [0.5, 0.6) is 0 Å². The van der Waals surface area contributed by atoms with Crippen LogP contribution in [-0.4, -0.2) is 35.3 Å². The zero-order valence-corrected chi connectivity index (χ0v) is 11.9. The van der Waals surface area contributed by atoms with Crippen LogP contribution in [0.2, 0.25) is 0 Å². The predicted molar refractivity (Wildman–Crippen MR) is 75.2 cm³/mol. The predicted octanol–water partition coefficient (Wildman–Crippen LogP) is 1.71. The number of ether oxygens (including phenoxy) is 1. The van der Waals surface area contributed by atoms with Crippen molar-refractivity contribution in [2.45, 2.75) is 6.04 Å². The van der Waals surface area contributed by atoms with Crippen LogP contribution in [0.25, 0.3) is 0 Å². The van der Waals surface area contributed by atoms with Crippen molar-refractivity contribution in [2.24, 2.45) is 5.92 Å². The second-order valence-corrected chi connectivity index (χ2v) is 5.40. The number of carboxylic acids is 1. The molecule has 0 aliphatic carbocycles. The average Bonchev–Trinajstić information content (AvgIpc) is 2.79. The minimum atomic E-state index is -0.969. The van der Waals surface area contributed by atoms with Crippen molar-refractivity contribution in [3.8, 4) is 0 Å². The lowest BCUT2D eigenvalue weighted by Crippen LogP contribution is -2.33. The molecular weight excluding hydrogens is 367 g/mol. The van der Waals surface area contributed by atoms with Gasteiger partial charge in [-0.2, -0.15) is 0 Å². The number of anilines is 1. The van der Waals surface area contributed by atoms with Crippen molar-refractivity contribution < 1.29 is 19.6 Å². The van der Waals surface area contributed by atoms with E-state index in [0.29, 0.717) is 5.69 Å². The Morgan fingerprint density at radius 3 is 2.89 bits per heavy atom. The summed E-state index contributed by atoms with van der Waals surface area (Å²) in [7, 11) is 0. The minimum Gasteiger partial charge on any atom is -0.481 e. The molecule has 2 unspecified atom stereocenters. The van der Waals surface area contributed by atoms with Crippen LogP contribution in [0.4, 0.5) is 11.4 Å². The third-order valence-corrected chi connectivity index (χ3v) is 3.57. The van der Waals surface area contributed by atoms with Gasteiger partial charge in [0, 0.05) is 9.64 Å². The number of carboxylic acid groups (broad SMARTS) is 1. The number of carbonyl (C=O) groups is 1. The Kier molecular flexibility index (Phi) is 4.20. The number of nitro benzene ring substituents is 1. The van der Waals surface area contributed by atoms with E-state index < -0.39 is 22.9 Å². The molecule has 1 aliphatic rings. The van der Waals surface area contributed by atoms with Crippen LogP contribution < -0.4 is 5.32 Å². The van der Waals surface area contributed by atoms with Crippen LogP contribution in [0, 0.1) is 19.6 Å². The van der Waals surface area contributed by atoms with E-state index in [9.17, 15) is 14.9 Å². The number of halogens is 1. The Bertz CT molecular complexity index is 522. The van der Waals surface area contributed by atoms with E-state index in [4.69, 9.17) is 9.84 Å². The molecule has 0 amide bonds. The third kappa shape index (κ3) is 3.13. The molecule has 0 saturated carbocycles. The second-order valence-electron chi connectivity index (χ2n) is 4.15. The Labute approximate surface area is 122 Å². The summed E-state index contributed by atoms with van der Waals surface area (Å²) in [6.07, 6.45) is 0. The van der Waals surface area contributed by atoms with E-state index in [-0.39, 0.29) is 18.9 Å². The molecule has 0 aromatic heterocycles. The summed E-state index contributed by atoms with van der Waals surface area (Å²) in [5, 5.41) is 22.9. The van der Waals surface area contributed by atoms with Gasteiger partial charge in [-0.3, -0.25) is 14.9 Å². The Balaban J connectivity index is 2.23. The summed E-state index contributed by atoms with van der Waals surface area (Å²) in [6.45, 7) is 0.339. The third-order valence-electron chi connectivity index (χ3n) is 2.90. The molecule has 1 fully saturated rings. The maximum atomic E-state index is 11.0. The molecule has 0 spiro atoms. The smallest absolute Gasteiger partial charge is 0.311 e. The fourth-order valence-corrected chi connectivity index (χ4v) is 2.39. The maximum absolute atomic E-state index is 11.0. The average molecular weight is 378 g/mol. The highest BCUT2D eigenvalue weighted by atomic mass is 127. The number of nitrogens with zero attached hydrogens (tertiary/aromatic N) is 1. The van der Waals surface area contributed by atoms with Crippen molar-refractivity contribution in [3.63, 3.8) is 0 Å². The fourth-order valence-electron chi connectivity index (χ4n) is 1.92. The molecule has 0 bridgehead atoms. The zero-order chi connectivity index (χ0) is 14.0. The first-order chi connectivity index (χ1) is 8.99. The zero-order valence-electron chi connectivity index (χ0n) is 9.71. The fraction of sp³-hybridized carbons (Fsp3) is 0.364. The van der Waals surface area contributed by atoms with Gasteiger partial charge in [-0.1, -0.05) is 0 Å². The van der Waals surface area contributed by atoms with Gasteiger partial charge in [-0.15, -0.1) is 0 Å². The SMILES string of the molecule is O=C(O)C1COCC1Nc1ccc(I)cc1[N+](=O)[O-]. The molecular formula is C11H11IN2O5. The van der Waals surface area contributed by atoms with Gasteiger partial charge in [0.25, 0.3) is 5.69 Å². The number of hydrogen-bond acceptors (Lipinski definition) is 5. The summed E-state index contributed by atoms with van der Waals surface area (Å²) in [5.41, 5.74) is 0.245. The standard InChI is InChI=1S/C11H11IN2O5/c12-6-1-2-8(10(3-6)14(17)18)13-9-5-19-4-7(9)11(15)16/h1-3,7,9,13H,4-5H2,(H,15,16). The van der Waals surface area contributed by atoms with Gasteiger partial charge in [-0.05, 0) is 34.7 Å². The number of nitrogens with one attached hydrogen (secondary N) is 1. The summed E-state index contributed by atoms with van der Waals surface area (Å²) >= 11 is 1.98. The Morgan fingerprint density at radius 1 is 1.53 bits per heavy atom. The monoisotopic (exact) mass is 378 g/mol. The molecule has 2 rings (SSSR count). The van der Waals surface area contributed by atoms with Gasteiger partial charge in [-0.25, -0.2) is 0 Å². The summed E-state index contributed by atoms with van der Waals surface area (Å²) in [6, 6.07) is 4.28. The van der Waals surface area contributed by atoms with E-state index in [1.165, 1.54) is 6.07 Å². The first-order valence-electron chi connectivity index (χ1n) is 5.50. The number of rotatable bonds is 4. The van der Waals surface area contributed by atoms with Gasteiger partial charge in [0.2, 0.25) is 0 Å². The van der Waals surface area contributed by atoms with Crippen LogP contribution in [-0.2, 0) is 9.53 Å². The molecule has 1 saturated heterocycles. The lowest BCUT2D eigenvalue weighted by atomic mass is 10.0. The first-order valence-corrected chi connectivity index (χ1v) is 6.58. The highest BCUT2D eigenvalue weighted by Gasteiger charge is 2.35. The van der Waals surface area contributed by atoms with E-state index in [1.54, 1.807) is 12.1 Å². The van der Waals surface area contributed by atoms with Crippen LogP contribution in [0.15, 0.2) is 18.2 Å². The number of aliphatic carboxylic acids is 1. The number of nitro groups is 1. The van der Waals surface area contributed by atoms with E-state index in [2.05, 4.69) is 5.32 Å². The highest BCUT2D eigenvalue weighted by molar-refractivity contribution is 14.1. The van der Waals surface area contributed by atoms with Gasteiger partial charge in [0.1, 0.15) is 11.6 Å². The van der Waals surface area contributed by atoms with Gasteiger partial charge < -0.3 is 15.2 Å². The molecule has 2 N–H and O–H groups in total. The molecule has 8 heteroatoms. The molecule has 1 heterocycles. The number of benzene rings is 1. The highest BCUT2D eigenvalue weighted by Crippen LogP contribution is 2.29. The lowest BCUT2D eigenvalue weighted by molar-refractivity contribution is -0.384. The molecule has 102 valence electrons. The van der Waals surface area contributed by atoms with E-state index in [1.807, 2.05) is 22.6 Å². The minimum absolute atomic E-state index is 0.0667.